The number of rotatable bonds is 5. The average molecular weight is 281 g/mol. The van der Waals surface area contributed by atoms with Gasteiger partial charge in [0.05, 0.1) is 13.4 Å². The van der Waals surface area contributed by atoms with E-state index in [0.717, 1.165) is 17.8 Å². The molecule has 3 aromatic rings. The summed E-state index contributed by atoms with van der Waals surface area (Å²) in [5, 5.41) is 4.55. The monoisotopic (exact) mass is 281 g/mol. The Morgan fingerprint density at radius 1 is 1.14 bits per heavy atom. The van der Waals surface area contributed by atoms with Gasteiger partial charge in [0.15, 0.2) is 0 Å². The molecule has 1 heterocycles. The first-order valence-corrected chi connectivity index (χ1v) is 7.08. The van der Waals surface area contributed by atoms with Crippen LogP contribution in [-0.4, -0.2) is 14.2 Å². The molecule has 0 bridgehead atoms. The van der Waals surface area contributed by atoms with Crippen molar-refractivity contribution in [3.05, 3.63) is 65.9 Å². The van der Waals surface area contributed by atoms with Gasteiger partial charge in [-0.25, -0.2) is 0 Å². The fourth-order valence-corrected chi connectivity index (χ4v) is 2.67. The van der Waals surface area contributed by atoms with E-state index in [-0.39, 0.29) is 6.04 Å². The summed E-state index contributed by atoms with van der Waals surface area (Å²) < 4.78 is 10.9. The SMILES string of the molecule is CNC(Cc1cccc(OC)c1)c1coc2ccccc12. The van der Waals surface area contributed by atoms with E-state index >= 15 is 0 Å². The molecular weight excluding hydrogens is 262 g/mol. The lowest BCUT2D eigenvalue weighted by atomic mass is 9.98. The molecule has 1 atom stereocenters. The molecule has 0 saturated heterocycles. The standard InChI is InChI=1S/C18H19NO2/c1-19-17(11-13-6-5-7-14(10-13)20-2)16-12-21-18-9-4-3-8-15(16)18/h3-10,12,17,19H,11H2,1-2H3. The van der Waals surface area contributed by atoms with Gasteiger partial charge >= 0.3 is 0 Å². The summed E-state index contributed by atoms with van der Waals surface area (Å²) in [4.78, 5) is 0. The van der Waals surface area contributed by atoms with Crippen LogP contribution in [0.2, 0.25) is 0 Å². The van der Waals surface area contributed by atoms with Crippen LogP contribution in [-0.2, 0) is 6.42 Å². The number of hydrogen-bond donors (Lipinski definition) is 1. The second kappa shape index (κ2) is 6.02. The Bertz CT molecular complexity index is 733. The average Bonchev–Trinajstić information content (AvgIpc) is 2.97. The van der Waals surface area contributed by atoms with Gasteiger partial charge in [-0.3, -0.25) is 0 Å². The van der Waals surface area contributed by atoms with E-state index in [1.165, 1.54) is 16.5 Å². The molecule has 1 aromatic heterocycles. The van der Waals surface area contributed by atoms with E-state index in [2.05, 4.69) is 23.5 Å². The zero-order chi connectivity index (χ0) is 14.7. The minimum Gasteiger partial charge on any atom is -0.497 e. The minimum atomic E-state index is 0.209. The van der Waals surface area contributed by atoms with Crippen molar-refractivity contribution in [1.29, 1.82) is 0 Å². The first-order valence-electron chi connectivity index (χ1n) is 7.08. The van der Waals surface area contributed by atoms with Crippen LogP contribution in [0.25, 0.3) is 11.0 Å². The van der Waals surface area contributed by atoms with Crippen molar-refractivity contribution < 1.29 is 9.15 Å². The number of hydrogen-bond acceptors (Lipinski definition) is 3. The molecule has 0 aliphatic rings. The number of ether oxygens (including phenoxy) is 1. The van der Waals surface area contributed by atoms with Crippen molar-refractivity contribution in [3.63, 3.8) is 0 Å². The summed E-state index contributed by atoms with van der Waals surface area (Å²) in [5.41, 5.74) is 3.35. The lowest BCUT2D eigenvalue weighted by Crippen LogP contribution is -2.18. The van der Waals surface area contributed by atoms with Crippen LogP contribution in [0.1, 0.15) is 17.2 Å². The molecule has 2 aromatic carbocycles. The number of para-hydroxylation sites is 1. The van der Waals surface area contributed by atoms with Crippen molar-refractivity contribution in [1.82, 2.24) is 5.32 Å². The van der Waals surface area contributed by atoms with Gasteiger partial charge < -0.3 is 14.5 Å². The third-order valence-electron chi connectivity index (χ3n) is 3.81. The highest BCUT2D eigenvalue weighted by Crippen LogP contribution is 2.28. The Labute approximate surface area is 124 Å². The fraction of sp³-hybridized carbons (Fsp3) is 0.222. The van der Waals surface area contributed by atoms with Crippen molar-refractivity contribution in [3.8, 4) is 5.75 Å². The van der Waals surface area contributed by atoms with Crippen molar-refractivity contribution in [2.24, 2.45) is 0 Å². The van der Waals surface area contributed by atoms with E-state index in [9.17, 15) is 0 Å². The molecule has 1 unspecified atom stereocenters. The molecule has 0 radical (unpaired) electrons. The summed E-state index contributed by atoms with van der Waals surface area (Å²) in [7, 11) is 3.67. The second-order valence-corrected chi connectivity index (χ2v) is 5.08. The number of benzene rings is 2. The van der Waals surface area contributed by atoms with E-state index in [0.29, 0.717) is 0 Å². The lowest BCUT2D eigenvalue weighted by Gasteiger charge is -2.15. The third kappa shape index (κ3) is 2.78. The fourth-order valence-electron chi connectivity index (χ4n) is 2.67. The third-order valence-corrected chi connectivity index (χ3v) is 3.81. The second-order valence-electron chi connectivity index (χ2n) is 5.08. The summed E-state index contributed by atoms with van der Waals surface area (Å²) >= 11 is 0. The minimum absolute atomic E-state index is 0.209. The smallest absolute Gasteiger partial charge is 0.134 e. The molecule has 3 rings (SSSR count). The lowest BCUT2D eigenvalue weighted by molar-refractivity contribution is 0.414. The summed E-state index contributed by atoms with van der Waals surface area (Å²) in [6.45, 7) is 0. The summed E-state index contributed by atoms with van der Waals surface area (Å²) in [6, 6.07) is 16.5. The van der Waals surface area contributed by atoms with Gasteiger partial charge in [0.25, 0.3) is 0 Å². The van der Waals surface area contributed by atoms with Crippen LogP contribution >= 0.6 is 0 Å². The van der Waals surface area contributed by atoms with Crippen molar-refractivity contribution in [2.75, 3.05) is 14.2 Å². The Morgan fingerprint density at radius 3 is 2.81 bits per heavy atom. The molecule has 0 amide bonds. The Morgan fingerprint density at radius 2 is 2.00 bits per heavy atom. The molecular formula is C18H19NO2. The van der Waals surface area contributed by atoms with E-state index in [1.54, 1.807) is 7.11 Å². The molecule has 0 aliphatic heterocycles. The van der Waals surface area contributed by atoms with Crippen LogP contribution < -0.4 is 10.1 Å². The maximum atomic E-state index is 5.65. The normalized spacial score (nSPS) is 12.5. The Balaban J connectivity index is 1.91. The topological polar surface area (TPSA) is 34.4 Å². The van der Waals surface area contributed by atoms with Gasteiger partial charge in [0.1, 0.15) is 11.3 Å². The molecule has 0 saturated carbocycles. The molecule has 108 valence electrons. The number of likely N-dealkylation sites (N-methyl/N-ethyl adjacent to an activating group) is 1. The van der Waals surface area contributed by atoms with E-state index in [4.69, 9.17) is 9.15 Å². The summed E-state index contributed by atoms with van der Waals surface area (Å²) in [5.74, 6) is 0.888. The number of fused-ring (bicyclic) bond motifs is 1. The van der Waals surface area contributed by atoms with Gasteiger partial charge in [0.2, 0.25) is 0 Å². The molecule has 21 heavy (non-hydrogen) atoms. The van der Waals surface area contributed by atoms with Gasteiger partial charge in [0, 0.05) is 17.0 Å². The van der Waals surface area contributed by atoms with Gasteiger partial charge in [-0.15, -0.1) is 0 Å². The van der Waals surface area contributed by atoms with Crippen LogP contribution in [0.3, 0.4) is 0 Å². The van der Waals surface area contributed by atoms with Crippen molar-refractivity contribution in [2.45, 2.75) is 12.5 Å². The Hall–Kier alpha value is -2.26. The summed E-state index contributed by atoms with van der Waals surface area (Å²) in [6.07, 6.45) is 2.74. The maximum Gasteiger partial charge on any atom is 0.134 e. The zero-order valence-corrected chi connectivity index (χ0v) is 12.3. The molecule has 1 N–H and O–H groups in total. The predicted molar refractivity (Wildman–Crippen MR) is 84.7 cm³/mol. The molecule has 0 fully saturated rings. The zero-order valence-electron chi connectivity index (χ0n) is 12.3. The highest BCUT2D eigenvalue weighted by Gasteiger charge is 2.16. The first-order chi connectivity index (χ1) is 10.3. The highest BCUT2D eigenvalue weighted by atomic mass is 16.5. The predicted octanol–water partition coefficient (Wildman–Crippen LogP) is 3.94. The number of methoxy groups -OCH3 is 1. The maximum absolute atomic E-state index is 5.65. The van der Waals surface area contributed by atoms with Crippen LogP contribution in [0.5, 0.6) is 5.75 Å². The highest BCUT2D eigenvalue weighted by molar-refractivity contribution is 5.81. The van der Waals surface area contributed by atoms with Crippen molar-refractivity contribution >= 4 is 11.0 Å². The first kappa shape index (κ1) is 13.7. The molecule has 3 heteroatoms. The van der Waals surface area contributed by atoms with Gasteiger partial charge in [-0.1, -0.05) is 30.3 Å². The van der Waals surface area contributed by atoms with Crippen LogP contribution in [0.15, 0.2) is 59.2 Å². The van der Waals surface area contributed by atoms with Crippen LogP contribution in [0, 0.1) is 0 Å². The quantitative estimate of drug-likeness (QED) is 0.769. The van der Waals surface area contributed by atoms with Gasteiger partial charge in [-0.05, 0) is 37.2 Å². The number of nitrogens with one attached hydrogen (secondary N) is 1. The van der Waals surface area contributed by atoms with Gasteiger partial charge in [-0.2, -0.15) is 0 Å². The molecule has 0 aliphatic carbocycles. The Kier molecular flexibility index (Phi) is 3.93. The van der Waals surface area contributed by atoms with E-state index < -0.39 is 0 Å². The molecule has 3 nitrogen and oxygen atoms in total. The molecule has 0 spiro atoms. The largest absolute Gasteiger partial charge is 0.497 e. The van der Waals surface area contributed by atoms with Crippen LogP contribution in [0.4, 0.5) is 0 Å². The number of furan rings is 1. The van der Waals surface area contributed by atoms with E-state index in [1.807, 2.05) is 43.6 Å².